The summed E-state index contributed by atoms with van der Waals surface area (Å²) in [5.41, 5.74) is 1.07. The van der Waals surface area contributed by atoms with Crippen molar-refractivity contribution in [2.45, 2.75) is 38.1 Å². The number of Topliss-reactive ketones (excluding diaryl/α,β-unsaturated/α-hetero) is 2. The van der Waals surface area contributed by atoms with Crippen LogP contribution in [0.4, 0.5) is 4.39 Å². The van der Waals surface area contributed by atoms with Gasteiger partial charge in [-0.1, -0.05) is 30.3 Å². The highest BCUT2D eigenvalue weighted by molar-refractivity contribution is 6.02. The van der Waals surface area contributed by atoms with E-state index in [0.717, 1.165) is 6.42 Å². The third kappa shape index (κ3) is 4.67. The van der Waals surface area contributed by atoms with E-state index in [-0.39, 0.29) is 36.1 Å². The highest BCUT2D eigenvalue weighted by Crippen LogP contribution is 2.23. The minimum Gasteiger partial charge on any atom is -0.332 e. The number of carbonyl (C=O) groups is 3. The summed E-state index contributed by atoms with van der Waals surface area (Å²) in [6, 6.07) is 14.0. The van der Waals surface area contributed by atoms with E-state index in [9.17, 15) is 18.8 Å². The zero-order valence-electron chi connectivity index (χ0n) is 15.1. The van der Waals surface area contributed by atoms with Crippen LogP contribution in [0.25, 0.3) is 0 Å². The van der Waals surface area contributed by atoms with Crippen LogP contribution in [0.15, 0.2) is 54.6 Å². The van der Waals surface area contributed by atoms with Crippen LogP contribution in [0.3, 0.4) is 0 Å². The van der Waals surface area contributed by atoms with Gasteiger partial charge in [-0.2, -0.15) is 0 Å². The molecule has 0 bridgehead atoms. The maximum Gasteiger partial charge on any atom is 0.223 e. The topological polar surface area (TPSA) is 54.5 Å². The van der Waals surface area contributed by atoms with E-state index in [0.29, 0.717) is 30.5 Å². The van der Waals surface area contributed by atoms with Crippen molar-refractivity contribution in [3.63, 3.8) is 0 Å². The number of nitrogens with zero attached hydrogens (tertiary/aromatic N) is 1. The Labute approximate surface area is 158 Å². The zero-order valence-corrected chi connectivity index (χ0v) is 15.1. The first-order chi connectivity index (χ1) is 13.1. The first-order valence-electron chi connectivity index (χ1n) is 9.24. The zero-order chi connectivity index (χ0) is 19.2. The first kappa shape index (κ1) is 19.0. The maximum atomic E-state index is 12.9. The maximum absolute atomic E-state index is 12.9. The van der Waals surface area contributed by atoms with Gasteiger partial charge in [-0.05, 0) is 43.5 Å². The van der Waals surface area contributed by atoms with Crippen LogP contribution in [0.1, 0.15) is 52.8 Å². The molecule has 27 heavy (non-hydrogen) atoms. The minimum atomic E-state index is -0.410. The van der Waals surface area contributed by atoms with Crippen LogP contribution in [0.5, 0.6) is 0 Å². The van der Waals surface area contributed by atoms with Crippen molar-refractivity contribution in [3.8, 4) is 0 Å². The molecule has 1 aliphatic heterocycles. The number of benzene rings is 2. The molecule has 4 nitrogen and oxygen atoms in total. The van der Waals surface area contributed by atoms with E-state index in [1.807, 2.05) is 18.2 Å². The molecule has 0 spiro atoms. The third-order valence-corrected chi connectivity index (χ3v) is 4.89. The van der Waals surface area contributed by atoms with Crippen molar-refractivity contribution < 1.29 is 18.8 Å². The molecule has 0 saturated carbocycles. The fraction of sp³-hybridized carbons (Fsp3) is 0.318. The van der Waals surface area contributed by atoms with Crippen LogP contribution in [0.2, 0.25) is 0 Å². The summed E-state index contributed by atoms with van der Waals surface area (Å²) in [5, 5.41) is 0. The molecule has 1 amide bonds. The summed E-state index contributed by atoms with van der Waals surface area (Å²) in [7, 11) is 0. The van der Waals surface area contributed by atoms with Crippen molar-refractivity contribution in [1.29, 1.82) is 0 Å². The number of hydrogen-bond donors (Lipinski definition) is 0. The second-order valence-corrected chi connectivity index (χ2v) is 6.76. The lowest BCUT2D eigenvalue weighted by Gasteiger charge is -2.23. The standard InChI is InChI=1S/C22H22FNO3/c23-18-13-11-16(12-14-18)20(25)9-4-10-21(26)24-15-5-8-19(24)22(27)17-6-2-1-3-7-17/h1-3,6-7,11-14,19H,4-5,8-10,15H2. The second-order valence-electron chi connectivity index (χ2n) is 6.76. The van der Waals surface area contributed by atoms with Crippen molar-refractivity contribution in [1.82, 2.24) is 4.90 Å². The molecule has 0 aliphatic carbocycles. The lowest BCUT2D eigenvalue weighted by Crippen LogP contribution is -2.40. The van der Waals surface area contributed by atoms with E-state index in [1.54, 1.807) is 17.0 Å². The van der Waals surface area contributed by atoms with Gasteiger partial charge in [-0.25, -0.2) is 4.39 Å². The summed E-state index contributed by atoms with van der Waals surface area (Å²) in [4.78, 5) is 39.0. The van der Waals surface area contributed by atoms with Crippen molar-refractivity contribution in [2.24, 2.45) is 0 Å². The number of ketones is 2. The van der Waals surface area contributed by atoms with Gasteiger partial charge in [0.1, 0.15) is 5.82 Å². The Morgan fingerprint density at radius 2 is 1.63 bits per heavy atom. The van der Waals surface area contributed by atoms with Crippen LogP contribution in [0, 0.1) is 5.82 Å². The van der Waals surface area contributed by atoms with Gasteiger partial charge in [0.25, 0.3) is 0 Å². The summed E-state index contributed by atoms with van der Waals surface area (Å²) < 4.78 is 12.9. The first-order valence-corrected chi connectivity index (χ1v) is 9.24. The molecule has 1 saturated heterocycles. The number of halogens is 1. The molecule has 5 heteroatoms. The molecule has 2 aromatic rings. The molecule has 1 fully saturated rings. The monoisotopic (exact) mass is 367 g/mol. The number of carbonyl (C=O) groups excluding carboxylic acids is 3. The molecule has 0 N–H and O–H groups in total. The third-order valence-electron chi connectivity index (χ3n) is 4.89. The number of likely N-dealkylation sites (tertiary alicyclic amines) is 1. The normalized spacial score (nSPS) is 16.3. The fourth-order valence-corrected chi connectivity index (χ4v) is 3.46. The van der Waals surface area contributed by atoms with Crippen LogP contribution in [-0.2, 0) is 4.79 Å². The Kier molecular flexibility index (Phi) is 6.12. The number of hydrogen-bond acceptors (Lipinski definition) is 3. The molecular formula is C22H22FNO3. The van der Waals surface area contributed by atoms with Gasteiger partial charge in [-0.15, -0.1) is 0 Å². The van der Waals surface area contributed by atoms with Gasteiger partial charge in [-0.3, -0.25) is 14.4 Å². The smallest absolute Gasteiger partial charge is 0.223 e. The van der Waals surface area contributed by atoms with E-state index >= 15 is 0 Å². The Bertz CT molecular complexity index is 817. The summed E-state index contributed by atoms with van der Waals surface area (Å²) in [5.74, 6) is -0.608. The van der Waals surface area contributed by atoms with Crippen LogP contribution >= 0.6 is 0 Å². The Balaban J connectivity index is 1.53. The average Bonchev–Trinajstić information content (AvgIpc) is 3.18. The van der Waals surface area contributed by atoms with E-state index in [4.69, 9.17) is 0 Å². The Hall–Kier alpha value is -2.82. The molecule has 3 rings (SSSR count). The molecule has 1 aliphatic rings. The van der Waals surface area contributed by atoms with E-state index in [2.05, 4.69) is 0 Å². The Morgan fingerprint density at radius 1 is 0.926 bits per heavy atom. The molecule has 140 valence electrons. The van der Waals surface area contributed by atoms with Gasteiger partial charge in [0.05, 0.1) is 6.04 Å². The molecule has 1 unspecified atom stereocenters. The average molecular weight is 367 g/mol. The summed E-state index contributed by atoms with van der Waals surface area (Å²) in [6.45, 7) is 0.577. The van der Waals surface area contributed by atoms with Gasteiger partial charge >= 0.3 is 0 Å². The van der Waals surface area contributed by atoms with Gasteiger partial charge in [0.2, 0.25) is 5.91 Å². The highest BCUT2D eigenvalue weighted by atomic mass is 19.1. The molecule has 0 radical (unpaired) electrons. The number of amides is 1. The lowest BCUT2D eigenvalue weighted by molar-refractivity contribution is -0.131. The number of rotatable bonds is 7. The van der Waals surface area contributed by atoms with Crippen molar-refractivity contribution >= 4 is 17.5 Å². The van der Waals surface area contributed by atoms with E-state index in [1.165, 1.54) is 24.3 Å². The van der Waals surface area contributed by atoms with Gasteiger partial charge in [0.15, 0.2) is 11.6 Å². The highest BCUT2D eigenvalue weighted by Gasteiger charge is 2.34. The summed E-state index contributed by atoms with van der Waals surface area (Å²) >= 11 is 0. The second kappa shape index (κ2) is 8.71. The minimum absolute atomic E-state index is 0.0242. The predicted octanol–water partition coefficient (Wildman–Crippen LogP) is 4.05. The van der Waals surface area contributed by atoms with E-state index < -0.39 is 6.04 Å². The van der Waals surface area contributed by atoms with Gasteiger partial charge < -0.3 is 4.90 Å². The Morgan fingerprint density at radius 3 is 2.33 bits per heavy atom. The van der Waals surface area contributed by atoms with Gasteiger partial charge in [0, 0.05) is 30.5 Å². The molecular weight excluding hydrogens is 345 g/mol. The van der Waals surface area contributed by atoms with Crippen LogP contribution < -0.4 is 0 Å². The fourth-order valence-electron chi connectivity index (χ4n) is 3.46. The quantitative estimate of drug-likeness (QED) is 0.694. The molecule has 1 heterocycles. The lowest BCUT2D eigenvalue weighted by atomic mass is 10.0. The largest absolute Gasteiger partial charge is 0.332 e. The molecule has 0 aromatic heterocycles. The predicted molar refractivity (Wildman–Crippen MR) is 100 cm³/mol. The van der Waals surface area contributed by atoms with Crippen LogP contribution in [-0.4, -0.2) is 35.0 Å². The molecule has 1 atom stereocenters. The summed E-state index contributed by atoms with van der Waals surface area (Å²) in [6.07, 6.45) is 2.35. The SMILES string of the molecule is O=C(CCCC(=O)N1CCCC1C(=O)c1ccccc1)c1ccc(F)cc1. The van der Waals surface area contributed by atoms with Crippen molar-refractivity contribution in [2.75, 3.05) is 6.54 Å². The molecule has 2 aromatic carbocycles. The van der Waals surface area contributed by atoms with Crippen molar-refractivity contribution in [3.05, 3.63) is 71.5 Å².